The van der Waals surface area contributed by atoms with E-state index in [9.17, 15) is 0 Å². The molecule has 2 aliphatic carbocycles. The minimum Gasteiger partial charge on any atom is -0.395 e. The van der Waals surface area contributed by atoms with Crippen molar-refractivity contribution in [2.75, 3.05) is 13.2 Å². The molecule has 2 fully saturated rings. The third-order valence-corrected chi connectivity index (χ3v) is 2.75. The van der Waals surface area contributed by atoms with Gasteiger partial charge in [-0.15, -0.1) is 0 Å². The Balaban J connectivity index is 1.73. The fraction of sp³-hybridized carbons (Fsp3) is 1.00. The van der Waals surface area contributed by atoms with Gasteiger partial charge < -0.3 is 10.4 Å². The summed E-state index contributed by atoms with van der Waals surface area (Å²) in [5.74, 6) is 1.91. The topological polar surface area (TPSA) is 32.3 Å². The molecule has 0 atom stereocenters. The minimum atomic E-state index is 0.288. The van der Waals surface area contributed by atoms with Crippen molar-refractivity contribution in [3.05, 3.63) is 0 Å². The second kappa shape index (κ2) is 3.11. The van der Waals surface area contributed by atoms with Crippen LogP contribution < -0.4 is 5.32 Å². The Morgan fingerprint density at radius 3 is 2.09 bits per heavy atom. The molecule has 0 bridgehead atoms. The number of hydrogen-bond acceptors (Lipinski definition) is 2. The number of aliphatic hydroxyl groups is 1. The molecule has 0 saturated heterocycles. The van der Waals surface area contributed by atoms with Crippen LogP contribution in [0, 0.1) is 11.8 Å². The average Bonchev–Trinajstić information content (AvgIpc) is 2.85. The summed E-state index contributed by atoms with van der Waals surface area (Å²) in [5.41, 5.74) is 0. The standard InChI is InChI=1S/C9H17NO/c11-6-5-10-9(7-1-2-7)8-3-4-8/h7-11H,1-6H2. The van der Waals surface area contributed by atoms with Crippen LogP contribution in [0.25, 0.3) is 0 Å². The van der Waals surface area contributed by atoms with Crippen molar-refractivity contribution in [1.29, 1.82) is 0 Å². The van der Waals surface area contributed by atoms with Crippen molar-refractivity contribution in [3.63, 3.8) is 0 Å². The molecule has 2 saturated carbocycles. The zero-order valence-electron chi connectivity index (χ0n) is 6.92. The molecule has 0 aromatic carbocycles. The third kappa shape index (κ3) is 1.94. The second-order valence-electron chi connectivity index (χ2n) is 3.88. The van der Waals surface area contributed by atoms with E-state index >= 15 is 0 Å². The third-order valence-electron chi connectivity index (χ3n) is 2.75. The highest BCUT2D eigenvalue weighted by molar-refractivity contribution is 4.96. The van der Waals surface area contributed by atoms with Gasteiger partial charge in [-0.2, -0.15) is 0 Å². The maximum atomic E-state index is 8.66. The van der Waals surface area contributed by atoms with Crippen molar-refractivity contribution in [3.8, 4) is 0 Å². The van der Waals surface area contributed by atoms with E-state index < -0.39 is 0 Å². The molecular weight excluding hydrogens is 138 g/mol. The first-order valence-corrected chi connectivity index (χ1v) is 4.76. The molecule has 0 unspecified atom stereocenters. The predicted molar refractivity (Wildman–Crippen MR) is 44.3 cm³/mol. The van der Waals surface area contributed by atoms with Crippen molar-refractivity contribution < 1.29 is 5.11 Å². The number of hydrogen-bond donors (Lipinski definition) is 2. The Bertz CT molecular complexity index is 118. The maximum Gasteiger partial charge on any atom is 0.0556 e. The number of aliphatic hydroxyl groups excluding tert-OH is 1. The molecule has 2 aliphatic rings. The van der Waals surface area contributed by atoms with E-state index in [-0.39, 0.29) is 6.61 Å². The molecule has 0 spiro atoms. The van der Waals surface area contributed by atoms with Crippen LogP contribution >= 0.6 is 0 Å². The molecule has 2 heteroatoms. The molecule has 0 radical (unpaired) electrons. The van der Waals surface area contributed by atoms with Gasteiger partial charge in [0.05, 0.1) is 6.61 Å². The van der Waals surface area contributed by atoms with E-state index in [1.165, 1.54) is 25.7 Å². The Labute approximate surface area is 68.0 Å². The first-order valence-electron chi connectivity index (χ1n) is 4.76. The number of rotatable bonds is 5. The van der Waals surface area contributed by atoms with Gasteiger partial charge in [-0.3, -0.25) is 0 Å². The van der Waals surface area contributed by atoms with Crippen LogP contribution in [0.2, 0.25) is 0 Å². The van der Waals surface area contributed by atoms with E-state index in [2.05, 4.69) is 5.32 Å². The van der Waals surface area contributed by atoms with Crippen LogP contribution in [0.4, 0.5) is 0 Å². The lowest BCUT2D eigenvalue weighted by atomic mass is 10.1. The zero-order valence-corrected chi connectivity index (χ0v) is 6.92. The molecule has 0 aromatic heterocycles. The van der Waals surface area contributed by atoms with E-state index in [1.807, 2.05) is 0 Å². The van der Waals surface area contributed by atoms with Gasteiger partial charge >= 0.3 is 0 Å². The van der Waals surface area contributed by atoms with Crippen molar-refractivity contribution >= 4 is 0 Å². The van der Waals surface area contributed by atoms with Gasteiger partial charge in [-0.05, 0) is 37.5 Å². The van der Waals surface area contributed by atoms with E-state index in [0.717, 1.165) is 24.4 Å². The summed E-state index contributed by atoms with van der Waals surface area (Å²) < 4.78 is 0. The Hall–Kier alpha value is -0.0800. The lowest BCUT2D eigenvalue weighted by Crippen LogP contribution is -2.35. The van der Waals surface area contributed by atoms with Crippen LogP contribution in [0.3, 0.4) is 0 Å². The van der Waals surface area contributed by atoms with Gasteiger partial charge in [0.25, 0.3) is 0 Å². The largest absolute Gasteiger partial charge is 0.395 e. The molecular formula is C9H17NO. The summed E-state index contributed by atoms with van der Waals surface area (Å²) in [7, 11) is 0. The zero-order chi connectivity index (χ0) is 7.68. The van der Waals surface area contributed by atoms with Gasteiger partial charge in [-0.25, -0.2) is 0 Å². The lowest BCUT2D eigenvalue weighted by Gasteiger charge is -2.16. The van der Waals surface area contributed by atoms with E-state index in [0.29, 0.717) is 0 Å². The summed E-state index contributed by atoms with van der Waals surface area (Å²) in [4.78, 5) is 0. The van der Waals surface area contributed by atoms with Gasteiger partial charge in [0.1, 0.15) is 0 Å². The van der Waals surface area contributed by atoms with Gasteiger partial charge in [0.15, 0.2) is 0 Å². The number of nitrogens with one attached hydrogen (secondary N) is 1. The molecule has 2 N–H and O–H groups in total. The summed E-state index contributed by atoms with van der Waals surface area (Å²) >= 11 is 0. The Morgan fingerprint density at radius 2 is 1.73 bits per heavy atom. The van der Waals surface area contributed by atoms with Crippen LogP contribution in [-0.2, 0) is 0 Å². The van der Waals surface area contributed by atoms with Crippen LogP contribution in [0.15, 0.2) is 0 Å². The molecule has 0 aliphatic heterocycles. The molecule has 2 rings (SSSR count). The van der Waals surface area contributed by atoms with Crippen LogP contribution in [-0.4, -0.2) is 24.3 Å². The van der Waals surface area contributed by atoms with Crippen LogP contribution in [0.5, 0.6) is 0 Å². The lowest BCUT2D eigenvalue weighted by molar-refractivity contribution is 0.274. The summed E-state index contributed by atoms with van der Waals surface area (Å²) in [6.07, 6.45) is 5.67. The molecule has 2 nitrogen and oxygen atoms in total. The normalized spacial score (nSPS) is 24.5. The fourth-order valence-electron chi connectivity index (χ4n) is 1.86. The first-order chi connectivity index (χ1) is 5.42. The molecule has 11 heavy (non-hydrogen) atoms. The van der Waals surface area contributed by atoms with Crippen molar-refractivity contribution in [2.24, 2.45) is 11.8 Å². The van der Waals surface area contributed by atoms with Crippen molar-refractivity contribution in [1.82, 2.24) is 5.32 Å². The van der Waals surface area contributed by atoms with Gasteiger partial charge in [0.2, 0.25) is 0 Å². The van der Waals surface area contributed by atoms with Crippen LogP contribution in [0.1, 0.15) is 25.7 Å². The molecule has 64 valence electrons. The summed E-state index contributed by atoms with van der Waals surface area (Å²) in [5, 5.41) is 12.1. The quantitative estimate of drug-likeness (QED) is 0.614. The predicted octanol–water partition coefficient (Wildman–Crippen LogP) is 0.757. The van der Waals surface area contributed by atoms with Gasteiger partial charge in [-0.1, -0.05) is 0 Å². The van der Waals surface area contributed by atoms with E-state index in [4.69, 9.17) is 5.11 Å². The van der Waals surface area contributed by atoms with E-state index in [1.54, 1.807) is 0 Å². The second-order valence-corrected chi connectivity index (χ2v) is 3.88. The highest BCUT2D eigenvalue weighted by Crippen LogP contribution is 2.44. The molecule has 0 amide bonds. The monoisotopic (exact) mass is 155 g/mol. The highest BCUT2D eigenvalue weighted by Gasteiger charge is 2.40. The molecule has 0 heterocycles. The minimum absolute atomic E-state index is 0.288. The Kier molecular flexibility index (Phi) is 2.14. The summed E-state index contributed by atoms with van der Waals surface area (Å²) in [6, 6.07) is 0.752. The van der Waals surface area contributed by atoms with Gasteiger partial charge in [0, 0.05) is 12.6 Å². The summed E-state index contributed by atoms with van der Waals surface area (Å²) in [6.45, 7) is 1.08. The highest BCUT2D eigenvalue weighted by atomic mass is 16.3. The smallest absolute Gasteiger partial charge is 0.0556 e. The fourth-order valence-corrected chi connectivity index (χ4v) is 1.86. The average molecular weight is 155 g/mol. The molecule has 0 aromatic rings. The Morgan fingerprint density at radius 1 is 1.18 bits per heavy atom. The first kappa shape index (κ1) is 7.56. The SMILES string of the molecule is OCCNC(C1CC1)C1CC1. The maximum absolute atomic E-state index is 8.66. The van der Waals surface area contributed by atoms with Crippen molar-refractivity contribution in [2.45, 2.75) is 31.7 Å².